The molecule has 5 heteroatoms. The Morgan fingerprint density at radius 3 is 1.87 bits per heavy atom. The molecule has 1 aliphatic rings. The van der Waals surface area contributed by atoms with Gasteiger partial charge in [-0.25, -0.2) is 4.79 Å². The van der Waals surface area contributed by atoms with Gasteiger partial charge >= 0.3 is 5.97 Å². The highest BCUT2D eigenvalue weighted by molar-refractivity contribution is 5.89. The van der Waals surface area contributed by atoms with Gasteiger partial charge in [0, 0.05) is 13.3 Å². The fraction of sp³-hybridized carbons (Fsp3) is 0.320. The van der Waals surface area contributed by atoms with Crippen molar-refractivity contribution in [3.05, 3.63) is 83.9 Å². The molecule has 5 nitrogen and oxygen atoms in total. The van der Waals surface area contributed by atoms with Crippen molar-refractivity contribution in [2.24, 2.45) is 5.92 Å². The number of carbonyl (C=O) groups excluding carboxylic acids is 1. The van der Waals surface area contributed by atoms with E-state index in [0.717, 1.165) is 13.3 Å². The summed E-state index contributed by atoms with van der Waals surface area (Å²) in [5.41, 5.74) is 1.58. The first kappa shape index (κ1) is 24.8. The number of carboxylic acid groups (broad SMARTS) is 2. The van der Waals surface area contributed by atoms with Gasteiger partial charge in [0.2, 0.25) is 0 Å². The molecule has 30 heavy (non-hydrogen) atoms. The minimum atomic E-state index is -0.879. The van der Waals surface area contributed by atoms with Crippen molar-refractivity contribution in [3.8, 4) is 0 Å². The smallest absolute Gasteiger partial charge is 0.335 e. The summed E-state index contributed by atoms with van der Waals surface area (Å²) >= 11 is 0. The predicted octanol–water partition coefficient (Wildman–Crippen LogP) is 5.41. The van der Waals surface area contributed by atoms with Crippen molar-refractivity contribution in [3.63, 3.8) is 0 Å². The predicted molar refractivity (Wildman–Crippen MR) is 118 cm³/mol. The van der Waals surface area contributed by atoms with Crippen LogP contribution >= 0.6 is 0 Å². The lowest BCUT2D eigenvalue weighted by atomic mass is 10.0. The number of aryl methyl sites for hydroxylation is 1. The molecule has 1 saturated carbocycles. The van der Waals surface area contributed by atoms with Crippen LogP contribution in [0.1, 0.15) is 54.9 Å². The average molecular weight is 411 g/mol. The lowest BCUT2D eigenvalue weighted by Gasteiger charge is -2.00. The minimum Gasteiger partial charge on any atom is -0.481 e. The summed E-state index contributed by atoms with van der Waals surface area (Å²) in [5.74, 6) is -0.785. The zero-order chi connectivity index (χ0) is 22.2. The van der Waals surface area contributed by atoms with Gasteiger partial charge in [-0.2, -0.15) is 0 Å². The lowest BCUT2D eigenvalue weighted by Crippen LogP contribution is -1.97. The molecule has 0 aromatic heterocycles. The molecule has 0 aliphatic heterocycles. The number of carbonyl (C=O) groups is 3. The Hall–Kier alpha value is -3.21. The highest BCUT2D eigenvalue weighted by atomic mass is 16.4. The topological polar surface area (TPSA) is 91.7 Å². The molecule has 0 unspecified atom stereocenters. The van der Waals surface area contributed by atoms with Crippen LogP contribution in [0.5, 0.6) is 0 Å². The maximum absolute atomic E-state index is 11.7. The molecule has 0 amide bonds. The molecule has 0 saturated heterocycles. The first-order valence-electron chi connectivity index (χ1n) is 10.1. The molecule has 0 heterocycles. The standard InChI is InChI=1S/C16H20O.C7H6O2.C2H4O2/c17-16(13-11-15-8-4-5-9-15)12-10-14-6-2-1-3-7-14;8-7(9)6-4-2-1-3-5-6;1-2(3)4/h1-3,6-7,11,13,15H,4-5,8-10,12H2;1-5H,(H,8,9);1H3,(H,3,4)/b13-11+;;. The Bertz CT molecular complexity index is 787. The third kappa shape index (κ3) is 12.3. The summed E-state index contributed by atoms with van der Waals surface area (Å²) in [6, 6.07) is 18.5. The van der Waals surface area contributed by atoms with Gasteiger partial charge in [-0.3, -0.25) is 9.59 Å². The van der Waals surface area contributed by atoms with Crippen molar-refractivity contribution < 1.29 is 24.6 Å². The molecule has 0 bridgehead atoms. The van der Waals surface area contributed by atoms with Gasteiger partial charge in [-0.1, -0.05) is 67.4 Å². The summed E-state index contributed by atoms with van der Waals surface area (Å²) < 4.78 is 0. The van der Waals surface area contributed by atoms with Crippen LogP contribution in [-0.4, -0.2) is 27.9 Å². The van der Waals surface area contributed by atoms with Crippen LogP contribution in [0.15, 0.2) is 72.8 Å². The summed E-state index contributed by atoms with van der Waals surface area (Å²) in [6.45, 7) is 1.08. The van der Waals surface area contributed by atoms with Crippen LogP contribution < -0.4 is 0 Å². The van der Waals surface area contributed by atoms with E-state index in [4.69, 9.17) is 15.0 Å². The van der Waals surface area contributed by atoms with Crippen LogP contribution in [0.2, 0.25) is 0 Å². The molecule has 1 fully saturated rings. The van der Waals surface area contributed by atoms with Gasteiger partial charge in [0.1, 0.15) is 0 Å². The maximum atomic E-state index is 11.7. The van der Waals surface area contributed by atoms with Crippen LogP contribution in [0.3, 0.4) is 0 Å². The third-order valence-electron chi connectivity index (χ3n) is 4.48. The van der Waals surface area contributed by atoms with Crippen LogP contribution in [0, 0.1) is 5.92 Å². The molecule has 160 valence electrons. The van der Waals surface area contributed by atoms with Gasteiger partial charge in [-0.05, 0) is 49.0 Å². The van der Waals surface area contributed by atoms with E-state index in [1.54, 1.807) is 36.4 Å². The molecule has 0 radical (unpaired) electrons. The minimum absolute atomic E-state index is 0.265. The molecule has 0 spiro atoms. The Morgan fingerprint density at radius 2 is 1.40 bits per heavy atom. The molecule has 2 N–H and O–H groups in total. The fourth-order valence-electron chi connectivity index (χ4n) is 2.97. The number of ketones is 1. The van der Waals surface area contributed by atoms with Gasteiger partial charge < -0.3 is 10.2 Å². The fourth-order valence-corrected chi connectivity index (χ4v) is 2.97. The number of hydrogen-bond acceptors (Lipinski definition) is 3. The van der Waals surface area contributed by atoms with E-state index in [9.17, 15) is 9.59 Å². The number of benzene rings is 2. The van der Waals surface area contributed by atoms with E-state index in [1.165, 1.54) is 31.2 Å². The molecular formula is C25H30O5. The number of rotatable bonds is 6. The van der Waals surface area contributed by atoms with Crippen molar-refractivity contribution in [1.29, 1.82) is 0 Å². The van der Waals surface area contributed by atoms with Gasteiger partial charge in [0.15, 0.2) is 5.78 Å². The summed E-state index contributed by atoms with van der Waals surface area (Å²) in [7, 11) is 0. The zero-order valence-corrected chi connectivity index (χ0v) is 17.4. The van der Waals surface area contributed by atoms with Gasteiger partial charge in [0.25, 0.3) is 5.97 Å². The summed E-state index contributed by atoms with van der Waals surface area (Å²) in [5, 5.41) is 15.8. The summed E-state index contributed by atoms with van der Waals surface area (Å²) in [6.07, 6.45) is 10.6. The van der Waals surface area contributed by atoms with Crippen molar-refractivity contribution in [2.45, 2.75) is 45.4 Å². The highest BCUT2D eigenvalue weighted by Crippen LogP contribution is 2.25. The van der Waals surface area contributed by atoms with Crippen molar-refractivity contribution >= 4 is 17.7 Å². The van der Waals surface area contributed by atoms with E-state index < -0.39 is 11.9 Å². The van der Waals surface area contributed by atoms with Crippen LogP contribution in [0.25, 0.3) is 0 Å². The second-order valence-corrected chi connectivity index (χ2v) is 7.05. The molecule has 2 aromatic carbocycles. The van der Waals surface area contributed by atoms with Crippen molar-refractivity contribution in [1.82, 2.24) is 0 Å². The van der Waals surface area contributed by atoms with Gasteiger partial charge in [-0.15, -0.1) is 0 Å². The number of carboxylic acids is 2. The Labute approximate surface area is 178 Å². The van der Waals surface area contributed by atoms with Crippen LogP contribution in [0.4, 0.5) is 0 Å². The molecule has 2 aromatic rings. The Morgan fingerprint density at radius 1 is 0.900 bits per heavy atom. The van der Waals surface area contributed by atoms with E-state index in [1.807, 2.05) is 18.2 Å². The van der Waals surface area contributed by atoms with E-state index in [0.29, 0.717) is 17.9 Å². The number of hydrogen-bond donors (Lipinski definition) is 2. The quantitative estimate of drug-likeness (QED) is 0.621. The molecular weight excluding hydrogens is 380 g/mol. The molecule has 1 aliphatic carbocycles. The number of allylic oxidation sites excluding steroid dienone is 2. The van der Waals surface area contributed by atoms with E-state index >= 15 is 0 Å². The van der Waals surface area contributed by atoms with Crippen LogP contribution in [-0.2, 0) is 16.0 Å². The Kier molecular flexibility index (Phi) is 12.2. The Balaban J connectivity index is 0.000000289. The largest absolute Gasteiger partial charge is 0.481 e. The maximum Gasteiger partial charge on any atom is 0.335 e. The first-order valence-corrected chi connectivity index (χ1v) is 10.1. The number of aromatic carboxylic acids is 1. The molecule has 3 rings (SSSR count). The first-order chi connectivity index (χ1) is 14.4. The van der Waals surface area contributed by atoms with E-state index in [2.05, 4.69) is 18.2 Å². The highest BCUT2D eigenvalue weighted by Gasteiger charge is 2.11. The zero-order valence-electron chi connectivity index (χ0n) is 17.4. The lowest BCUT2D eigenvalue weighted by molar-refractivity contribution is -0.134. The normalized spacial score (nSPS) is 13.0. The van der Waals surface area contributed by atoms with E-state index in [-0.39, 0.29) is 5.78 Å². The monoisotopic (exact) mass is 410 g/mol. The number of aliphatic carboxylic acids is 1. The second-order valence-electron chi connectivity index (χ2n) is 7.05. The summed E-state index contributed by atoms with van der Waals surface area (Å²) in [4.78, 5) is 30.9. The SMILES string of the molecule is CC(=O)O.O=C(/C=C/C1CCCC1)CCc1ccccc1.O=C(O)c1ccccc1. The molecule has 0 atom stereocenters. The third-order valence-corrected chi connectivity index (χ3v) is 4.48. The van der Waals surface area contributed by atoms with Gasteiger partial charge in [0.05, 0.1) is 5.56 Å². The second kappa shape index (κ2) is 14.7. The van der Waals surface area contributed by atoms with Crippen molar-refractivity contribution in [2.75, 3.05) is 0 Å². The average Bonchev–Trinajstić information content (AvgIpc) is 3.26.